The summed E-state index contributed by atoms with van der Waals surface area (Å²) in [5, 5.41) is 0. The molecule has 19 heavy (non-hydrogen) atoms. The summed E-state index contributed by atoms with van der Waals surface area (Å²) in [7, 11) is -3.36. The minimum atomic E-state index is -3.36. The van der Waals surface area contributed by atoms with Crippen LogP contribution >= 0.6 is 22.9 Å². The van der Waals surface area contributed by atoms with Gasteiger partial charge in [0.25, 0.3) is 10.0 Å². The quantitative estimate of drug-likeness (QED) is 0.836. The van der Waals surface area contributed by atoms with Crippen LogP contribution in [-0.2, 0) is 10.0 Å². The maximum absolute atomic E-state index is 12.5. The zero-order chi connectivity index (χ0) is 14.0. The number of sulfonamides is 1. The Morgan fingerprint density at radius 3 is 2.63 bits per heavy atom. The maximum atomic E-state index is 12.5. The first-order valence-electron chi connectivity index (χ1n) is 6.48. The fourth-order valence-corrected chi connectivity index (χ4v) is 5.66. The molecule has 1 saturated heterocycles. The summed E-state index contributed by atoms with van der Waals surface area (Å²) < 4.78 is 27.3. The Balaban J connectivity index is 2.12. The Morgan fingerprint density at radius 1 is 1.42 bits per heavy atom. The van der Waals surface area contributed by atoms with Crippen LogP contribution in [0.2, 0.25) is 4.34 Å². The summed E-state index contributed by atoms with van der Waals surface area (Å²) >= 11 is 6.95. The number of halogens is 1. The minimum absolute atomic E-state index is 0.334. The molecule has 1 aromatic heterocycles. The lowest BCUT2D eigenvalue weighted by atomic mass is 10.2. The topological polar surface area (TPSA) is 40.6 Å². The second-order valence-electron chi connectivity index (χ2n) is 4.59. The molecule has 1 atom stereocenters. The summed E-state index contributed by atoms with van der Waals surface area (Å²) in [6.45, 7) is 7.32. The van der Waals surface area contributed by atoms with Gasteiger partial charge in [-0.2, -0.15) is 4.31 Å². The van der Waals surface area contributed by atoms with Gasteiger partial charge in [-0.15, -0.1) is 11.3 Å². The van der Waals surface area contributed by atoms with Crippen molar-refractivity contribution in [3.05, 3.63) is 16.5 Å². The molecule has 1 unspecified atom stereocenters. The predicted octanol–water partition coefficient (Wildman–Crippen LogP) is 2.51. The first-order chi connectivity index (χ1) is 8.98. The highest BCUT2D eigenvalue weighted by Gasteiger charge is 2.35. The molecule has 1 aliphatic rings. The van der Waals surface area contributed by atoms with Crippen molar-refractivity contribution in [2.24, 2.45) is 0 Å². The van der Waals surface area contributed by atoms with E-state index < -0.39 is 10.0 Å². The monoisotopic (exact) mass is 322 g/mol. The van der Waals surface area contributed by atoms with Gasteiger partial charge in [0.1, 0.15) is 4.21 Å². The molecule has 0 aromatic carbocycles. The van der Waals surface area contributed by atoms with Gasteiger partial charge >= 0.3 is 0 Å². The van der Waals surface area contributed by atoms with Crippen molar-refractivity contribution in [3.8, 4) is 0 Å². The van der Waals surface area contributed by atoms with E-state index in [0.717, 1.165) is 30.8 Å². The molecule has 4 nitrogen and oxygen atoms in total. The number of nitrogens with zero attached hydrogens (tertiary/aromatic N) is 2. The van der Waals surface area contributed by atoms with Crippen molar-refractivity contribution >= 4 is 33.0 Å². The lowest BCUT2D eigenvalue weighted by Crippen LogP contribution is -2.38. The van der Waals surface area contributed by atoms with Crippen LogP contribution in [0.15, 0.2) is 16.3 Å². The molecule has 108 valence electrons. The van der Waals surface area contributed by atoms with E-state index in [1.165, 1.54) is 0 Å². The van der Waals surface area contributed by atoms with Gasteiger partial charge in [0.15, 0.2) is 0 Å². The molecule has 1 aliphatic heterocycles. The van der Waals surface area contributed by atoms with E-state index in [4.69, 9.17) is 11.6 Å². The van der Waals surface area contributed by atoms with Crippen molar-refractivity contribution in [2.45, 2.75) is 30.5 Å². The van der Waals surface area contributed by atoms with Crippen LogP contribution in [0.3, 0.4) is 0 Å². The Labute approximate surface area is 124 Å². The standard InChI is InChI=1S/C12H19ClN2O2S2/c1-3-14(4-2)10-7-8-15(9-10)19(16,17)12-6-5-11(13)18-12/h5-6,10H,3-4,7-9H2,1-2H3. The first kappa shape index (κ1) is 15.3. The third-order valence-electron chi connectivity index (χ3n) is 3.60. The van der Waals surface area contributed by atoms with Gasteiger partial charge in [0, 0.05) is 19.1 Å². The van der Waals surface area contributed by atoms with Gasteiger partial charge in [-0.1, -0.05) is 25.4 Å². The average Bonchev–Trinajstić information content (AvgIpc) is 3.00. The average molecular weight is 323 g/mol. The molecule has 0 amide bonds. The van der Waals surface area contributed by atoms with E-state index in [2.05, 4.69) is 18.7 Å². The fraction of sp³-hybridized carbons (Fsp3) is 0.667. The second-order valence-corrected chi connectivity index (χ2v) is 8.47. The normalized spacial score (nSPS) is 21.4. The van der Waals surface area contributed by atoms with E-state index >= 15 is 0 Å². The molecule has 0 aliphatic carbocycles. The van der Waals surface area contributed by atoms with Gasteiger partial charge in [0.2, 0.25) is 0 Å². The molecule has 0 spiro atoms. The minimum Gasteiger partial charge on any atom is -0.300 e. The van der Waals surface area contributed by atoms with Gasteiger partial charge < -0.3 is 0 Å². The third-order valence-corrected chi connectivity index (χ3v) is 7.16. The van der Waals surface area contributed by atoms with E-state index in [1.807, 2.05) is 0 Å². The van der Waals surface area contributed by atoms with E-state index in [-0.39, 0.29) is 0 Å². The lowest BCUT2D eigenvalue weighted by molar-refractivity contribution is 0.225. The van der Waals surface area contributed by atoms with Crippen molar-refractivity contribution in [3.63, 3.8) is 0 Å². The summed E-state index contributed by atoms with van der Waals surface area (Å²) in [6, 6.07) is 3.56. The van der Waals surface area contributed by atoms with Crippen LogP contribution in [0.25, 0.3) is 0 Å². The SMILES string of the molecule is CCN(CC)C1CCN(S(=O)(=O)c2ccc(Cl)s2)C1. The number of hydrogen-bond acceptors (Lipinski definition) is 4. The Kier molecular flexibility index (Phi) is 4.89. The van der Waals surface area contributed by atoms with E-state index in [1.54, 1.807) is 16.4 Å². The first-order valence-corrected chi connectivity index (χ1v) is 9.12. The highest BCUT2D eigenvalue weighted by Crippen LogP contribution is 2.30. The zero-order valence-corrected chi connectivity index (χ0v) is 13.6. The zero-order valence-electron chi connectivity index (χ0n) is 11.2. The Morgan fingerprint density at radius 2 is 2.11 bits per heavy atom. The number of hydrogen-bond donors (Lipinski definition) is 0. The van der Waals surface area contributed by atoms with Crippen LogP contribution < -0.4 is 0 Å². The van der Waals surface area contributed by atoms with Crippen LogP contribution in [-0.4, -0.2) is 49.8 Å². The predicted molar refractivity (Wildman–Crippen MR) is 79.4 cm³/mol. The molecule has 2 heterocycles. The molecule has 0 N–H and O–H groups in total. The highest BCUT2D eigenvalue weighted by molar-refractivity contribution is 7.91. The summed E-state index contributed by atoms with van der Waals surface area (Å²) in [6.07, 6.45) is 0.903. The molecule has 0 saturated carbocycles. The third kappa shape index (κ3) is 3.13. The summed E-state index contributed by atoms with van der Waals surface area (Å²) in [5.41, 5.74) is 0. The van der Waals surface area contributed by atoms with Crippen LogP contribution in [0, 0.1) is 0 Å². The van der Waals surface area contributed by atoms with Crippen LogP contribution in [0.4, 0.5) is 0 Å². The maximum Gasteiger partial charge on any atom is 0.252 e. The van der Waals surface area contributed by atoms with Crippen LogP contribution in [0.5, 0.6) is 0 Å². The van der Waals surface area contributed by atoms with Gasteiger partial charge in [-0.25, -0.2) is 8.42 Å². The molecular weight excluding hydrogens is 304 g/mol. The summed E-state index contributed by atoms with van der Waals surface area (Å²) in [5.74, 6) is 0. The molecule has 1 fully saturated rings. The smallest absolute Gasteiger partial charge is 0.252 e. The van der Waals surface area contributed by atoms with E-state index in [0.29, 0.717) is 27.7 Å². The van der Waals surface area contributed by atoms with Crippen molar-refractivity contribution in [2.75, 3.05) is 26.2 Å². The lowest BCUT2D eigenvalue weighted by Gasteiger charge is -2.25. The molecule has 1 aromatic rings. The van der Waals surface area contributed by atoms with Gasteiger partial charge in [-0.3, -0.25) is 4.90 Å². The van der Waals surface area contributed by atoms with Crippen molar-refractivity contribution in [1.29, 1.82) is 0 Å². The van der Waals surface area contributed by atoms with Crippen molar-refractivity contribution in [1.82, 2.24) is 9.21 Å². The second kappa shape index (κ2) is 6.10. The molecule has 7 heteroatoms. The largest absolute Gasteiger partial charge is 0.300 e. The van der Waals surface area contributed by atoms with E-state index in [9.17, 15) is 8.42 Å². The molecular formula is C12H19ClN2O2S2. The number of thiophene rings is 1. The number of likely N-dealkylation sites (N-methyl/N-ethyl adjacent to an activating group) is 1. The molecule has 2 rings (SSSR count). The Hall–Kier alpha value is -0.140. The van der Waals surface area contributed by atoms with Gasteiger partial charge in [0.05, 0.1) is 4.34 Å². The van der Waals surface area contributed by atoms with Crippen molar-refractivity contribution < 1.29 is 8.42 Å². The Bertz CT molecular complexity index is 526. The fourth-order valence-electron chi connectivity index (χ4n) is 2.53. The van der Waals surface area contributed by atoms with Crippen LogP contribution in [0.1, 0.15) is 20.3 Å². The van der Waals surface area contributed by atoms with Gasteiger partial charge in [-0.05, 0) is 31.6 Å². The molecule has 0 bridgehead atoms. The number of rotatable bonds is 5. The molecule has 0 radical (unpaired) electrons. The summed E-state index contributed by atoms with van der Waals surface area (Å²) in [4.78, 5) is 2.32. The highest BCUT2D eigenvalue weighted by atomic mass is 35.5.